The Bertz CT molecular complexity index is 1090. The first-order valence-electron chi connectivity index (χ1n) is 9.16. The van der Waals surface area contributed by atoms with E-state index in [9.17, 15) is 4.79 Å². The number of ether oxygens (including phenoxy) is 2. The lowest BCUT2D eigenvalue weighted by Gasteiger charge is -2.09. The Morgan fingerprint density at radius 2 is 1.90 bits per heavy atom. The summed E-state index contributed by atoms with van der Waals surface area (Å²) in [5, 5.41) is 4.14. The molecular weight excluding hydrogens is 481 g/mol. The van der Waals surface area contributed by atoms with Crippen LogP contribution in [0.1, 0.15) is 22.5 Å². The van der Waals surface area contributed by atoms with Crippen LogP contribution in [0.3, 0.4) is 0 Å². The van der Waals surface area contributed by atoms with Crippen molar-refractivity contribution in [1.82, 2.24) is 9.99 Å². The summed E-state index contributed by atoms with van der Waals surface area (Å²) < 4.78 is 14.0. The van der Waals surface area contributed by atoms with Crippen molar-refractivity contribution in [1.29, 1.82) is 0 Å². The predicted octanol–water partition coefficient (Wildman–Crippen LogP) is 4.12. The number of hydrogen-bond donors (Lipinski definition) is 1. The van der Waals surface area contributed by atoms with Gasteiger partial charge in [0.25, 0.3) is 0 Å². The summed E-state index contributed by atoms with van der Waals surface area (Å²) in [6, 6.07) is 15.9. The van der Waals surface area contributed by atoms with Gasteiger partial charge in [0, 0.05) is 26.2 Å². The second-order valence-electron chi connectivity index (χ2n) is 6.80. The van der Waals surface area contributed by atoms with E-state index in [1.807, 2.05) is 25.1 Å². The average Bonchev–Trinajstić information content (AvgIpc) is 3.27. The minimum Gasteiger partial charge on any atom is -0.454 e. The molecule has 0 spiro atoms. The zero-order valence-corrected chi connectivity index (χ0v) is 18.3. The molecule has 0 saturated carbocycles. The number of nitrogens with zero attached hydrogens (tertiary/aromatic N) is 2. The number of aryl methyl sites for hydroxylation is 1. The fourth-order valence-corrected chi connectivity index (χ4v) is 3.72. The lowest BCUT2D eigenvalue weighted by atomic mass is 10.1. The number of aromatic nitrogens is 1. The highest BCUT2D eigenvalue weighted by molar-refractivity contribution is 14.1. The Morgan fingerprint density at radius 3 is 2.69 bits per heavy atom. The Kier molecular flexibility index (Phi) is 5.57. The number of rotatable bonds is 5. The van der Waals surface area contributed by atoms with Crippen molar-refractivity contribution in [2.24, 2.45) is 5.10 Å². The van der Waals surface area contributed by atoms with E-state index in [4.69, 9.17) is 9.47 Å². The maximum atomic E-state index is 12.2. The van der Waals surface area contributed by atoms with Gasteiger partial charge in [-0.1, -0.05) is 6.07 Å². The molecule has 7 heteroatoms. The third-order valence-corrected chi connectivity index (χ3v) is 5.47. The second kappa shape index (κ2) is 8.28. The van der Waals surface area contributed by atoms with E-state index < -0.39 is 0 Å². The van der Waals surface area contributed by atoms with Crippen LogP contribution in [0.5, 0.6) is 11.5 Å². The Hall–Kier alpha value is -2.81. The fourth-order valence-electron chi connectivity index (χ4n) is 3.36. The van der Waals surface area contributed by atoms with Gasteiger partial charge in [-0.15, -0.1) is 0 Å². The minimum absolute atomic E-state index is 0.188. The molecule has 0 radical (unpaired) electrons. The first-order chi connectivity index (χ1) is 14.0. The van der Waals surface area contributed by atoms with E-state index in [1.165, 1.54) is 3.57 Å². The summed E-state index contributed by atoms with van der Waals surface area (Å²) in [5.74, 6) is 1.18. The second-order valence-corrected chi connectivity index (χ2v) is 8.04. The van der Waals surface area contributed by atoms with Gasteiger partial charge in [-0.05, 0) is 84.5 Å². The molecule has 6 nitrogen and oxygen atoms in total. The molecule has 1 amide bonds. The molecule has 148 valence electrons. The molecule has 0 bridgehead atoms. The van der Waals surface area contributed by atoms with Gasteiger partial charge >= 0.3 is 0 Å². The van der Waals surface area contributed by atoms with Crippen LogP contribution in [-0.2, 0) is 11.2 Å². The lowest BCUT2D eigenvalue weighted by molar-refractivity contribution is -0.120. The molecule has 29 heavy (non-hydrogen) atoms. The maximum Gasteiger partial charge on any atom is 0.244 e. The molecule has 0 aliphatic carbocycles. The zero-order chi connectivity index (χ0) is 20.4. The van der Waals surface area contributed by atoms with Gasteiger partial charge in [0.05, 0.1) is 12.6 Å². The molecule has 1 N–H and O–H groups in total. The highest BCUT2D eigenvalue weighted by Gasteiger charge is 2.14. The molecular formula is C22H20IN3O3. The molecule has 1 aliphatic heterocycles. The monoisotopic (exact) mass is 501 g/mol. The summed E-state index contributed by atoms with van der Waals surface area (Å²) in [6.45, 7) is 4.32. The summed E-state index contributed by atoms with van der Waals surface area (Å²) >= 11 is 2.30. The molecule has 2 aromatic carbocycles. The molecule has 4 rings (SSSR count). The first-order valence-corrected chi connectivity index (χ1v) is 10.2. The normalized spacial score (nSPS) is 12.5. The summed E-state index contributed by atoms with van der Waals surface area (Å²) in [7, 11) is 0. The number of halogens is 1. The fraction of sp³-hybridized carbons (Fsp3) is 0.182. The lowest BCUT2D eigenvalue weighted by Crippen LogP contribution is -2.19. The van der Waals surface area contributed by atoms with Crippen LogP contribution in [-0.4, -0.2) is 23.5 Å². The van der Waals surface area contributed by atoms with Crippen LogP contribution >= 0.6 is 22.6 Å². The number of amides is 1. The van der Waals surface area contributed by atoms with Crippen LogP contribution in [0.2, 0.25) is 0 Å². The van der Waals surface area contributed by atoms with Crippen LogP contribution in [0.25, 0.3) is 5.69 Å². The third-order valence-electron chi connectivity index (χ3n) is 4.75. The van der Waals surface area contributed by atoms with Crippen molar-refractivity contribution >= 4 is 34.7 Å². The van der Waals surface area contributed by atoms with Gasteiger partial charge in [0.2, 0.25) is 12.7 Å². The number of hydrogen-bond acceptors (Lipinski definition) is 4. The van der Waals surface area contributed by atoms with Crippen LogP contribution in [0.15, 0.2) is 53.6 Å². The molecule has 0 saturated heterocycles. The number of carbonyl (C=O) groups excluding carboxylic acids is 1. The Balaban J connectivity index is 1.42. The summed E-state index contributed by atoms with van der Waals surface area (Å²) in [5.41, 5.74) is 7.69. The van der Waals surface area contributed by atoms with E-state index in [0.29, 0.717) is 11.5 Å². The highest BCUT2D eigenvalue weighted by atomic mass is 127. The molecule has 0 atom stereocenters. The van der Waals surface area contributed by atoms with Gasteiger partial charge in [-0.2, -0.15) is 5.10 Å². The maximum absolute atomic E-state index is 12.2. The smallest absolute Gasteiger partial charge is 0.244 e. The van der Waals surface area contributed by atoms with Crippen molar-refractivity contribution in [3.8, 4) is 17.2 Å². The van der Waals surface area contributed by atoms with Crippen molar-refractivity contribution in [2.45, 2.75) is 20.3 Å². The van der Waals surface area contributed by atoms with Crippen molar-refractivity contribution in [3.05, 3.63) is 74.6 Å². The molecule has 1 aliphatic rings. The third kappa shape index (κ3) is 4.29. The standard InChI is InChI=1S/C22H20IN3O3/c1-14-9-17(15(2)26(14)19-6-4-18(23)5-7-19)12-24-25-22(27)11-16-3-8-20-21(10-16)29-13-28-20/h3-10,12H,11,13H2,1-2H3,(H,25,27)/b24-12-. The molecule has 2 heterocycles. The predicted molar refractivity (Wildman–Crippen MR) is 120 cm³/mol. The van der Waals surface area contributed by atoms with Gasteiger partial charge in [0.15, 0.2) is 11.5 Å². The topological polar surface area (TPSA) is 64.8 Å². The number of nitrogens with one attached hydrogen (secondary N) is 1. The Labute approximate surface area is 182 Å². The number of benzene rings is 2. The molecule has 0 unspecified atom stereocenters. The highest BCUT2D eigenvalue weighted by Crippen LogP contribution is 2.32. The summed E-state index contributed by atoms with van der Waals surface area (Å²) in [6.07, 6.45) is 1.90. The van der Waals surface area contributed by atoms with Crippen molar-refractivity contribution < 1.29 is 14.3 Å². The molecule has 1 aromatic heterocycles. The van der Waals surface area contributed by atoms with Crippen molar-refractivity contribution in [3.63, 3.8) is 0 Å². The van der Waals surface area contributed by atoms with Gasteiger partial charge in [-0.3, -0.25) is 4.79 Å². The van der Waals surface area contributed by atoms with E-state index >= 15 is 0 Å². The van der Waals surface area contributed by atoms with Crippen LogP contribution in [0, 0.1) is 17.4 Å². The van der Waals surface area contributed by atoms with E-state index in [-0.39, 0.29) is 19.1 Å². The number of hydrazone groups is 1. The van der Waals surface area contributed by atoms with Gasteiger partial charge in [0.1, 0.15) is 0 Å². The molecule has 0 fully saturated rings. The number of carbonyl (C=O) groups is 1. The quantitative estimate of drug-likeness (QED) is 0.325. The number of fused-ring (bicyclic) bond motifs is 1. The van der Waals surface area contributed by atoms with Crippen LogP contribution in [0.4, 0.5) is 0 Å². The minimum atomic E-state index is -0.188. The van der Waals surface area contributed by atoms with Gasteiger partial charge in [-0.25, -0.2) is 5.43 Å². The largest absolute Gasteiger partial charge is 0.454 e. The van der Waals surface area contributed by atoms with Gasteiger partial charge < -0.3 is 14.0 Å². The summed E-state index contributed by atoms with van der Waals surface area (Å²) in [4.78, 5) is 12.2. The van der Waals surface area contributed by atoms with E-state index in [2.05, 4.69) is 74.9 Å². The van der Waals surface area contributed by atoms with E-state index in [1.54, 1.807) is 6.21 Å². The SMILES string of the molecule is Cc1cc(/C=N\NC(=O)Cc2ccc3c(c2)OCO3)c(C)n1-c1ccc(I)cc1. The van der Waals surface area contributed by atoms with Crippen molar-refractivity contribution in [2.75, 3.05) is 6.79 Å². The first kappa shape index (κ1) is 19.5. The van der Waals surface area contributed by atoms with E-state index in [0.717, 1.165) is 28.2 Å². The molecule has 3 aromatic rings. The average molecular weight is 501 g/mol. The van der Waals surface area contributed by atoms with Crippen LogP contribution < -0.4 is 14.9 Å². The zero-order valence-electron chi connectivity index (χ0n) is 16.1. The Morgan fingerprint density at radius 1 is 1.14 bits per heavy atom.